The van der Waals surface area contributed by atoms with Gasteiger partial charge in [0.1, 0.15) is 17.3 Å². The van der Waals surface area contributed by atoms with E-state index in [0.29, 0.717) is 12.2 Å². The van der Waals surface area contributed by atoms with Crippen LogP contribution in [0.25, 0.3) is 11.1 Å². The third-order valence-corrected chi connectivity index (χ3v) is 7.42. The number of amides is 1. The van der Waals surface area contributed by atoms with Gasteiger partial charge in [-0.1, -0.05) is 24.3 Å². The molecule has 0 N–H and O–H groups in total. The summed E-state index contributed by atoms with van der Waals surface area (Å²) in [6.07, 6.45) is 6.66. The summed E-state index contributed by atoms with van der Waals surface area (Å²) in [5.41, 5.74) is 4.69. The zero-order valence-corrected chi connectivity index (χ0v) is 20.7. The molecule has 0 radical (unpaired) electrons. The third kappa shape index (κ3) is 4.98. The number of halogens is 1. The number of nitrogens with zero attached hydrogens (tertiary/aromatic N) is 3. The predicted octanol–water partition coefficient (Wildman–Crippen LogP) is 5.36. The van der Waals surface area contributed by atoms with Crippen LogP contribution < -0.4 is 4.74 Å². The summed E-state index contributed by atoms with van der Waals surface area (Å²) < 4.78 is 20.9. The van der Waals surface area contributed by atoms with Gasteiger partial charge in [-0.3, -0.25) is 4.79 Å². The van der Waals surface area contributed by atoms with Crippen molar-refractivity contribution in [1.29, 1.82) is 0 Å². The Labute approximate surface area is 207 Å². The molecular weight excluding hydrogens is 441 g/mol. The van der Waals surface area contributed by atoms with Crippen LogP contribution in [-0.2, 0) is 6.54 Å². The molecule has 1 atom stereocenters. The van der Waals surface area contributed by atoms with Gasteiger partial charge in [0.05, 0.1) is 7.11 Å². The van der Waals surface area contributed by atoms with Crippen molar-refractivity contribution >= 4 is 5.91 Å². The number of benzene rings is 2. The smallest absolute Gasteiger partial charge is 0.271 e. The molecule has 2 aliphatic heterocycles. The molecule has 0 bridgehead atoms. The van der Waals surface area contributed by atoms with Crippen molar-refractivity contribution in [2.45, 2.75) is 45.2 Å². The normalized spacial score (nSPS) is 18.4. The van der Waals surface area contributed by atoms with Crippen molar-refractivity contribution in [2.24, 2.45) is 0 Å². The van der Waals surface area contributed by atoms with Gasteiger partial charge in [-0.25, -0.2) is 4.39 Å². The summed E-state index contributed by atoms with van der Waals surface area (Å²) in [5.74, 6) is 0.623. The molecular formula is C29H34FN3O2. The van der Waals surface area contributed by atoms with Gasteiger partial charge < -0.3 is 19.1 Å². The zero-order valence-electron chi connectivity index (χ0n) is 20.7. The SMILES string of the molecule is COc1ccc(-c2c(C)cn(Cc3ccc(F)cc3)c2C(=O)N2CCCC2CN2CCCC2)cc1. The van der Waals surface area contributed by atoms with Crippen molar-refractivity contribution < 1.29 is 13.9 Å². The Bertz CT molecular complexity index is 1160. The molecule has 5 nitrogen and oxygen atoms in total. The highest BCUT2D eigenvalue weighted by Crippen LogP contribution is 2.34. The largest absolute Gasteiger partial charge is 0.497 e. The van der Waals surface area contributed by atoms with Crippen LogP contribution in [0.4, 0.5) is 4.39 Å². The van der Waals surface area contributed by atoms with Crippen LogP contribution >= 0.6 is 0 Å². The molecule has 1 unspecified atom stereocenters. The van der Waals surface area contributed by atoms with E-state index in [1.54, 1.807) is 19.2 Å². The zero-order chi connectivity index (χ0) is 24.4. The lowest BCUT2D eigenvalue weighted by Crippen LogP contribution is -2.43. The monoisotopic (exact) mass is 475 g/mol. The lowest BCUT2D eigenvalue weighted by atomic mass is 10.0. The second kappa shape index (κ2) is 10.2. The topological polar surface area (TPSA) is 37.7 Å². The fraction of sp³-hybridized carbons (Fsp3) is 0.414. The van der Waals surface area contributed by atoms with Crippen molar-refractivity contribution in [1.82, 2.24) is 14.4 Å². The van der Waals surface area contributed by atoms with E-state index in [-0.39, 0.29) is 17.8 Å². The molecule has 6 heteroatoms. The van der Waals surface area contributed by atoms with Crippen LogP contribution in [0.1, 0.15) is 47.3 Å². The van der Waals surface area contributed by atoms with Crippen molar-refractivity contribution in [3.8, 4) is 16.9 Å². The summed E-state index contributed by atoms with van der Waals surface area (Å²) >= 11 is 0. The molecule has 5 rings (SSSR count). The summed E-state index contributed by atoms with van der Waals surface area (Å²) in [4.78, 5) is 18.8. The molecule has 184 valence electrons. The van der Waals surface area contributed by atoms with Crippen LogP contribution in [0.3, 0.4) is 0 Å². The fourth-order valence-corrected chi connectivity index (χ4v) is 5.65. The Kier molecular flexibility index (Phi) is 6.91. The van der Waals surface area contributed by atoms with Crippen molar-refractivity contribution in [2.75, 3.05) is 33.3 Å². The second-order valence-corrected chi connectivity index (χ2v) is 9.82. The molecule has 2 aromatic carbocycles. The highest BCUT2D eigenvalue weighted by atomic mass is 19.1. The standard InChI is InChI=1S/C29H34FN3O2/c1-21-18-32(19-22-7-11-24(30)12-8-22)28(27(21)23-9-13-26(35-2)14-10-23)29(34)33-17-5-6-25(33)20-31-15-3-4-16-31/h7-14,18,25H,3-6,15-17,19-20H2,1-2H3. The van der Waals surface area contributed by atoms with E-state index in [1.165, 1.54) is 25.0 Å². The van der Waals surface area contributed by atoms with Gasteiger partial charge in [0.25, 0.3) is 5.91 Å². The quantitative estimate of drug-likeness (QED) is 0.462. The molecule has 1 amide bonds. The Morgan fingerprint density at radius 3 is 2.40 bits per heavy atom. The average Bonchev–Trinajstić information content (AvgIpc) is 3.61. The Morgan fingerprint density at radius 1 is 1.00 bits per heavy atom. The van der Waals surface area contributed by atoms with Crippen LogP contribution in [0.2, 0.25) is 0 Å². The number of aromatic nitrogens is 1. The number of rotatable bonds is 7. The van der Waals surface area contributed by atoms with Crippen molar-refractivity contribution in [3.05, 3.63) is 77.4 Å². The number of carbonyl (C=O) groups excluding carboxylic acids is 1. The summed E-state index contributed by atoms with van der Waals surface area (Å²) in [6.45, 7) is 6.60. The molecule has 2 aliphatic rings. The van der Waals surface area contributed by atoms with Crippen LogP contribution in [0, 0.1) is 12.7 Å². The average molecular weight is 476 g/mol. The van der Waals surface area contributed by atoms with E-state index in [0.717, 1.165) is 67.0 Å². The minimum Gasteiger partial charge on any atom is -0.497 e. The Balaban J connectivity index is 1.52. The number of aryl methyl sites for hydroxylation is 1. The predicted molar refractivity (Wildman–Crippen MR) is 136 cm³/mol. The highest BCUT2D eigenvalue weighted by molar-refractivity contribution is 6.01. The molecule has 3 heterocycles. The van der Waals surface area contributed by atoms with Crippen molar-refractivity contribution in [3.63, 3.8) is 0 Å². The van der Waals surface area contributed by atoms with Gasteiger partial charge >= 0.3 is 0 Å². The number of ether oxygens (including phenoxy) is 1. The van der Waals surface area contributed by atoms with Crippen LogP contribution in [-0.4, -0.2) is 59.6 Å². The number of hydrogen-bond donors (Lipinski definition) is 0. The van der Waals surface area contributed by atoms with Gasteiger partial charge in [0, 0.05) is 37.4 Å². The number of likely N-dealkylation sites (tertiary alicyclic amines) is 2. The molecule has 0 spiro atoms. The van der Waals surface area contributed by atoms with E-state index in [1.807, 2.05) is 24.3 Å². The van der Waals surface area contributed by atoms with E-state index >= 15 is 0 Å². The third-order valence-electron chi connectivity index (χ3n) is 7.42. The van der Waals surface area contributed by atoms with E-state index in [2.05, 4.69) is 27.5 Å². The first-order chi connectivity index (χ1) is 17.0. The lowest BCUT2D eigenvalue weighted by molar-refractivity contribution is 0.0699. The maximum Gasteiger partial charge on any atom is 0.271 e. The maximum absolute atomic E-state index is 14.2. The second-order valence-electron chi connectivity index (χ2n) is 9.82. The van der Waals surface area contributed by atoms with Crippen LogP contribution in [0.15, 0.2) is 54.7 Å². The van der Waals surface area contributed by atoms with E-state index < -0.39 is 0 Å². The van der Waals surface area contributed by atoms with Gasteiger partial charge in [-0.2, -0.15) is 0 Å². The van der Waals surface area contributed by atoms with Gasteiger partial charge in [0.15, 0.2) is 0 Å². The molecule has 1 aromatic heterocycles. The Hall–Kier alpha value is -3.12. The minimum absolute atomic E-state index is 0.0905. The van der Waals surface area contributed by atoms with E-state index in [4.69, 9.17) is 4.74 Å². The number of carbonyl (C=O) groups is 1. The molecule has 2 saturated heterocycles. The molecule has 0 aliphatic carbocycles. The number of methoxy groups -OCH3 is 1. The number of hydrogen-bond acceptors (Lipinski definition) is 3. The summed E-state index contributed by atoms with van der Waals surface area (Å²) in [6, 6.07) is 14.7. The molecule has 0 saturated carbocycles. The molecule has 35 heavy (non-hydrogen) atoms. The van der Waals surface area contributed by atoms with Gasteiger partial charge in [-0.05, 0) is 86.7 Å². The summed E-state index contributed by atoms with van der Waals surface area (Å²) in [7, 11) is 1.66. The first kappa shape index (κ1) is 23.6. The maximum atomic E-state index is 14.2. The Morgan fingerprint density at radius 2 is 1.71 bits per heavy atom. The van der Waals surface area contributed by atoms with Gasteiger partial charge in [0.2, 0.25) is 0 Å². The molecule has 2 fully saturated rings. The summed E-state index contributed by atoms with van der Waals surface area (Å²) in [5, 5.41) is 0. The first-order valence-corrected chi connectivity index (χ1v) is 12.7. The lowest BCUT2D eigenvalue weighted by Gasteiger charge is -2.29. The highest BCUT2D eigenvalue weighted by Gasteiger charge is 2.34. The first-order valence-electron chi connectivity index (χ1n) is 12.7. The molecule has 3 aromatic rings. The van der Waals surface area contributed by atoms with E-state index in [9.17, 15) is 9.18 Å². The minimum atomic E-state index is -0.255. The van der Waals surface area contributed by atoms with Gasteiger partial charge in [-0.15, -0.1) is 0 Å². The van der Waals surface area contributed by atoms with Crippen LogP contribution in [0.5, 0.6) is 5.75 Å². The fourth-order valence-electron chi connectivity index (χ4n) is 5.65.